The van der Waals surface area contributed by atoms with E-state index in [9.17, 15) is 4.39 Å². The second-order valence-electron chi connectivity index (χ2n) is 3.31. The van der Waals surface area contributed by atoms with Crippen LogP contribution in [0.15, 0.2) is 30.5 Å². The maximum Gasteiger partial charge on any atom is 0.203 e. The number of fused-ring (bicyclic) bond motifs is 1. The molecule has 0 atom stereocenters. The second-order valence-corrected chi connectivity index (χ2v) is 3.70. The minimum Gasteiger partial charge on any atom is -0.250 e. The summed E-state index contributed by atoms with van der Waals surface area (Å²) in [5, 5.41) is 12.2. The van der Waals surface area contributed by atoms with Crippen molar-refractivity contribution in [2.75, 3.05) is 0 Å². The van der Waals surface area contributed by atoms with Crippen molar-refractivity contribution in [1.29, 1.82) is 0 Å². The molecule has 5 nitrogen and oxygen atoms in total. The SMILES string of the molecule is Fc1ccc(-c2nnc3ccc(Cl)nn23)nc1. The highest BCUT2D eigenvalue weighted by atomic mass is 35.5. The Kier molecular flexibility index (Phi) is 2.22. The van der Waals surface area contributed by atoms with Gasteiger partial charge < -0.3 is 0 Å². The molecule has 3 aromatic heterocycles. The molecule has 0 N–H and O–H groups in total. The van der Waals surface area contributed by atoms with Gasteiger partial charge in [0.05, 0.1) is 6.20 Å². The van der Waals surface area contributed by atoms with Crippen molar-refractivity contribution in [2.45, 2.75) is 0 Å². The number of aromatic nitrogens is 5. The molecule has 0 spiro atoms. The average Bonchev–Trinajstić information content (AvgIpc) is 2.73. The summed E-state index contributed by atoms with van der Waals surface area (Å²) in [4.78, 5) is 3.92. The van der Waals surface area contributed by atoms with Crippen LogP contribution in [0.1, 0.15) is 0 Å². The van der Waals surface area contributed by atoms with Crippen LogP contribution in [-0.4, -0.2) is 24.8 Å². The number of rotatable bonds is 1. The van der Waals surface area contributed by atoms with Crippen LogP contribution in [0.4, 0.5) is 4.39 Å². The predicted molar refractivity (Wildman–Crippen MR) is 59.0 cm³/mol. The van der Waals surface area contributed by atoms with E-state index in [4.69, 9.17) is 11.6 Å². The van der Waals surface area contributed by atoms with Gasteiger partial charge in [-0.15, -0.1) is 10.2 Å². The third-order valence-corrected chi connectivity index (χ3v) is 2.39. The van der Waals surface area contributed by atoms with Crippen molar-refractivity contribution in [2.24, 2.45) is 0 Å². The lowest BCUT2D eigenvalue weighted by molar-refractivity contribution is 0.621. The Balaban J connectivity index is 2.23. The van der Waals surface area contributed by atoms with E-state index in [2.05, 4.69) is 20.3 Å². The van der Waals surface area contributed by atoms with Crippen LogP contribution < -0.4 is 0 Å². The van der Waals surface area contributed by atoms with Gasteiger partial charge in [-0.2, -0.15) is 9.61 Å². The van der Waals surface area contributed by atoms with E-state index in [1.165, 1.54) is 16.6 Å². The lowest BCUT2D eigenvalue weighted by Gasteiger charge is -1.98. The van der Waals surface area contributed by atoms with Crippen LogP contribution in [0.5, 0.6) is 0 Å². The largest absolute Gasteiger partial charge is 0.250 e. The molecule has 0 amide bonds. The lowest BCUT2D eigenvalue weighted by Crippen LogP contribution is -1.96. The molecule has 84 valence electrons. The molecule has 0 aliphatic rings. The van der Waals surface area contributed by atoms with Crippen molar-refractivity contribution in [3.63, 3.8) is 0 Å². The fourth-order valence-electron chi connectivity index (χ4n) is 1.43. The summed E-state index contributed by atoms with van der Waals surface area (Å²) in [6, 6.07) is 6.12. The molecule has 0 saturated carbocycles. The van der Waals surface area contributed by atoms with Crippen LogP contribution in [0, 0.1) is 5.82 Å². The molecule has 17 heavy (non-hydrogen) atoms. The zero-order chi connectivity index (χ0) is 11.8. The van der Waals surface area contributed by atoms with E-state index in [0.29, 0.717) is 22.3 Å². The van der Waals surface area contributed by atoms with Gasteiger partial charge in [-0.3, -0.25) is 0 Å². The maximum absolute atomic E-state index is 12.8. The van der Waals surface area contributed by atoms with Crippen LogP contribution in [-0.2, 0) is 0 Å². The number of pyridine rings is 1. The van der Waals surface area contributed by atoms with Crippen molar-refractivity contribution in [3.8, 4) is 11.5 Å². The van der Waals surface area contributed by atoms with Crippen molar-refractivity contribution in [1.82, 2.24) is 24.8 Å². The van der Waals surface area contributed by atoms with Crippen LogP contribution in [0.2, 0.25) is 5.15 Å². The quantitative estimate of drug-likeness (QED) is 0.662. The Morgan fingerprint density at radius 3 is 2.76 bits per heavy atom. The Hall–Kier alpha value is -2.08. The van der Waals surface area contributed by atoms with E-state index in [0.717, 1.165) is 6.20 Å². The zero-order valence-electron chi connectivity index (χ0n) is 8.38. The van der Waals surface area contributed by atoms with Crippen LogP contribution in [0.25, 0.3) is 17.2 Å². The van der Waals surface area contributed by atoms with Gasteiger partial charge in [-0.25, -0.2) is 9.37 Å². The molecule has 0 unspecified atom stereocenters. The smallest absolute Gasteiger partial charge is 0.203 e. The second kappa shape index (κ2) is 3.74. The summed E-state index contributed by atoms with van der Waals surface area (Å²) in [6.07, 6.45) is 1.11. The number of halogens is 2. The van der Waals surface area contributed by atoms with Crippen molar-refractivity contribution >= 4 is 17.2 Å². The first-order valence-corrected chi connectivity index (χ1v) is 5.12. The first-order valence-electron chi connectivity index (χ1n) is 4.74. The van der Waals surface area contributed by atoms with E-state index >= 15 is 0 Å². The summed E-state index contributed by atoms with van der Waals surface area (Å²) >= 11 is 5.79. The minimum absolute atomic E-state index is 0.320. The minimum atomic E-state index is -0.409. The third-order valence-electron chi connectivity index (χ3n) is 2.19. The lowest BCUT2D eigenvalue weighted by atomic mass is 10.3. The molecule has 3 rings (SSSR count). The van der Waals surface area contributed by atoms with E-state index in [1.807, 2.05) is 0 Å². The Morgan fingerprint density at radius 2 is 2.00 bits per heavy atom. The number of nitrogens with zero attached hydrogens (tertiary/aromatic N) is 5. The molecule has 7 heteroatoms. The Morgan fingerprint density at radius 1 is 1.12 bits per heavy atom. The van der Waals surface area contributed by atoms with Gasteiger partial charge in [0.2, 0.25) is 5.82 Å². The molecule has 0 bridgehead atoms. The van der Waals surface area contributed by atoms with Gasteiger partial charge in [0.15, 0.2) is 5.65 Å². The first-order chi connectivity index (χ1) is 8.24. The predicted octanol–water partition coefficient (Wildman–Crippen LogP) is 1.98. The summed E-state index contributed by atoms with van der Waals surface area (Å²) in [5.41, 5.74) is 1.03. The monoisotopic (exact) mass is 249 g/mol. The molecule has 0 fully saturated rings. The van der Waals surface area contributed by atoms with Gasteiger partial charge in [0.1, 0.15) is 16.7 Å². The molecule has 3 aromatic rings. The first kappa shape index (κ1) is 10.1. The summed E-state index contributed by atoms with van der Waals surface area (Å²) in [6.45, 7) is 0. The van der Waals surface area contributed by atoms with Crippen molar-refractivity contribution in [3.05, 3.63) is 41.4 Å². The number of hydrogen-bond acceptors (Lipinski definition) is 4. The van der Waals surface area contributed by atoms with E-state index < -0.39 is 5.82 Å². The van der Waals surface area contributed by atoms with Gasteiger partial charge in [-0.1, -0.05) is 11.6 Å². The van der Waals surface area contributed by atoms with Crippen molar-refractivity contribution < 1.29 is 4.39 Å². The molecule has 0 radical (unpaired) electrons. The maximum atomic E-state index is 12.8. The van der Waals surface area contributed by atoms with E-state index in [-0.39, 0.29) is 0 Å². The van der Waals surface area contributed by atoms with Gasteiger partial charge in [-0.05, 0) is 24.3 Å². The highest BCUT2D eigenvalue weighted by Gasteiger charge is 2.10. The van der Waals surface area contributed by atoms with Crippen LogP contribution >= 0.6 is 11.6 Å². The van der Waals surface area contributed by atoms with Gasteiger partial charge in [0.25, 0.3) is 0 Å². The van der Waals surface area contributed by atoms with Gasteiger partial charge in [0, 0.05) is 0 Å². The Labute approximate surface area is 99.9 Å². The molecule has 3 heterocycles. The standard InChI is InChI=1S/C10H5ClFN5/c11-8-3-4-9-14-15-10(17(9)16-8)7-2-1-6(12)5-13-7/h1-5H. The average molecular weight is 250 g/mol. The Bertz CT molecular complexity index is 679. The topological polar surface area (TPSA) is 56.0 Å². The number of hydrogen-bond donors (Lipinski definition) is 0. The summed E-state index contributed by atoms with van der Waals surface area (Å²) in [7, 11) is 0. The third kappa shape index (κ3) is 1.72. The zero-order valence-corrected chi connectivity index (χ0v) is 9.13. The summed E-state index contributed by atoms with van der Waals surface area (Å²) < 4.78 is 14.2. The molecule has 0 aliphatic carbocycles. The highest BCUT2D eigenvalue weighted by molar-refractivity contribution is 6.29. The highest BCUT2D eigenvalue weighted by Crippen LogP contribution is 2.16. The fourth-order valence-corrected chi connectivity index (χ4v) is 1.57. The molecule has 0 aliphatic heterocycles. The summed E-state index contributed by atoms with van der Waals surface area (Å²) in [5.74, 6) is 0.0102. The molecular formula is C10H5ClFN5. The normalized spacial score (nSPS) is 10.9. The molecular weight excluding hydrogens is 245 g/mol. The molecule has 0 aromatic carbocycles. The molecule has 0 saturated heterocycles. The fraction of sp³-hybridized carbons (Fsp3) is 0. The van der Waals surface area contributed by atoms with Gasteiger partial charge >= 0.3 is 0 Å². The van der Waals surface area contributed by atoms with Crippen LogP contribution in [0.3, 0.4) is 0 Å². The van der Waals surface area contributed by atoms with E-state index in [1.54, 1.807) is 12.1 Å².